The summed E-state index contributed by atoms with van der Waals surface area (Å²) in [6, 6.07) is 87.6. The van der Waals surface area contributed by atoms with Gasteiger partial charge in [-0.05, 0) is 117 Å². The Kier molecular flexibility index (Phi) is 8.93. The number of fused-ring (bicyclic) bond motifs is 10. The van der Waals surface area contributed by atoms with Crippen LogP contribution in [0.5, 0.6) is 0 Å². The highest BCUT2D eigenvalue weighted by molar-refractivity contribution is 6.29. The zero-order valence-electron chi connectivity index (χ0n) is 37.6. The molecule has 3 aromatic heterocycles. The molecule has 4 heteroatoms. The van der Waals surface area contributed by atoms with Gasteiger partial charge >= 0.3 is 0 Å². The van der Waals surface area contributed by atoms with E-state index in [1.807, 2.05) is 12.1 Å². The van der Waals surface area contributed by atoms with E-state index in [2.05, 4.69) is 240 Å². The molecule has 13 aromatic rings. The third kappa shape index (κ3) is 6.30. The van der Waals surface area contributed by atoms with Gasteiger partial charge in [-0.2, -0.15) is 0 Å². The second-order valence-corrected chi connectivity index (χ2v) is 18.1. The lowest BCUT2D eigenvalue weighted by Gasteiger charge is -2.16. The van der Waals surface area contributed by atoms with E-state index >= 15 is 0 Å². The third-order valence-electron chi connectivity index (χ3n) is 14.2. The van der Waals surface area contributed by atoms with Gasteiger partial charge in [0, 0.05) is 38.4 Å². The third-order valence-corrected chi connectivity index (χ3v) is 14.2. The fraction of sp³-hybridized carbons (Fsp3) is 0.0154. The summed E-state index contributed by atoms with van der Waals surface area (Å²) in [5.41, 5.74) is 22.1. The minimum Gasteiger partial charge on any atom is -0.309 e. The van der Waals surface area contributed by atoms with E-state index in [9.17, 15) is 0 Å². The Morgan fingerprint density at radius 2 is 0.681 bits per heavy atom. The first-order chi connectivity index (χ1) is 34.2. The molecule has 0 atom stereocenters. The Morgan fingerprint density at radius 3 is 1.22 bits per heavy atom. The summed E-state index contributed by atoms with van der Waals surface area (Å²) in [6.07, 6.45) is 0.849. The van der Waals surface area contributed by atoms with E-state index in [1.54, 1.807) is 0 Å². The molecule has 0 N–H and O–H groups in total. The van der Waals surface area contributed by atoms with Gasteiger partial charge < -0.3 is 4.57 Å². The van der Waals surface area contributed by atoms with Crippen LogP contribution in [0.1, 0.15) is 11.1 Å². The van der Waals surface area contributed by atoms with Crippen LogP contribution in [-0.2, 0) is 6.42 Å². The maximum absolute atomic E-state index is 5.35. The summed E-state index contributed by atoms with van der Waals surface area (Å²) in [7, 11) is 0. The minimum absolute atomic E-state index is 0.638. The standard InChI is InChI=1S/C65H42N4/c1-6-20-42(21-7-1)47-36-51(43-22-8-2-9-23-43)55-40-56-52(44-24-10-3-11-25-44)38-48(39-54(56)53(55)37-47)68-59-32-18-16-30-49(59)63-61(68)34-35-62-64(63)50-31-17-19-33-60(50)69(62)65-66-57(45-26-12-4-13-27-45)41-58(67-65)46-28-14-5-15-29-46/h1-39,41H,40H2. The first-order valence-corrected chi connectivity index (χ1v) is 23.7. The Labute approximate surface area is 399 Å². The summed E-state index contributed by atoms with van der Waals surface area (Å²) < 4.78 is 4.77. The van der Waals surface area contributed by atoms with Gasteiger partial charge in [-0.3, -0.25) is 4.57 Å². The second kappa shape index (κ2) is 15.8. The van der Waals surface area contributed by atoms with Crippen molar-refractivity contribution in [3.8, 4) is 78.7 Å². The molecule has 10 aromatic carbocycles. The first-order valence-electron chi connectivity index (χ1n) is 23.7. The van der Waals surface area contributed by atoms with Crippen LogP contribution in [0.4, 0.5) is 0 Å². The van der Waals surface area contributed by atoms with Gasteiger partial charge in [-0.15, -0.1) is 0 Å². The van der Waals surface area contributed by atoms with E-state index in [4.69, 9.17) is 9.97 Å². The Hall–Kier alpha value is -9.12. The van der Waals surface area contributed by atoms with Gasteiger partial charge in [0.15, 0.2) is 0 Å². The van der Waals surface area contributed by atoms with Crippen molar-refractivity contribution in [2.75, 3.05) is 0 Å². The fourth-order valence-electron chi connectivity index (χ4n) is 11.1. The van der Waals surface area contributed by atoms with Gasteiger partial charge in [0.25, 0.3) is 0 Å². The molecule has 4 nitrogen and oxygen atoms in total. The van der Waals surface area contributed by atoms with Gasteiger partial charge in [0.1, 0.15) is 0 Å². The molecular formula is C65H42N4. The molecule has 14 rings (SSSR count). The van der Waals surface area contributed by atoms with Crippen molar-refractivity contribution in [2.24, 2.45) is 0 Å². The van der Waals surface area contributed by atoms with Gasteiger partial charge in [-0.1, -0.05) is 188 Å². The molecule has 0 unspecified atom stereocenters. The number of rotatable bonds is 7. The van der Waals surface area contributed by atoms with Crippen LogP contribution in [0.3, 0.4) is 0 Å². The molecule has 0 aliphatic heterocycles. The predicted molar refractivity (Wildman–Crippen MR) is 286 cm³/mol. The van der Waals surface area contributed by atoms with E-state index in [1.165, 1.54) is 71.8 Å². The predicted octanol–water partition coefficient (Wildman–Crippen LogP) is 16.6. The quantitative estimate of drug-likeness (QED) is 0.160. The number of hydrogen-bond acceptors (Lipinski definition) is 2. The average Bonchev–Trinajstić information content (AvgIpc) is 4.09. The van der Waals surface area contributed by atoms with E-state index in [0.29, 0.717) is 5.95 Å². The molecule has 69 heavy (non-hydrogen) atoms. The molecule has 1 aliphatic carbocycles. The summed E-state index contributed by atoms with van der Waals surface area (Å²) in [6.45, 7) is 0. The number of aromatic nitrogens is 4. The number of benzene rings is 10. The minimum atomic E-state index is 0.638. The van der Waals surface area contributed by atoms with E-state index in [0.717, 1.165) is 62.1 Å². The van der Waals surface area contributed by atoms with Crippen molar-refractivity contribution in [1.29, 1.82) is 0 Å². The topological polar surface area (TPSA) is 35.6 Å². The van der Waals surface area contributed by atoms with Crippen LogP contribution >= 0.6 is 0 Å². The summed E-state index contributed by atoms with van der Waals surface area (Å²) >= 11 is 0. The Balaban J connectivity index is 1.04. The molecule has 3 heterocycles. The molecular weight excluding hydrogens is 837 g/mol. The SMILES string of the molecule is c1ccc(-c2cc(-c3ccccc3)c3c(c2)-c2cc(-n4c5ccccc5c5c6c7ccccc7n(-c7nc(-c8ccccc8)cc(-c8ccccc8)n7)c6ccc54)cc(-c4ccccc4)c2C3)cc1. The van der Waals surface area contributed by atoms with Gasteiger partial charge in [0.05, 0.1) is 33.5 Å². The Morgan fingerprint density at radius 1 is 0.290 bits per heavy atom. The molecule has 0 fully saturated rings. The van der Waals surface area contributed by atoms with Crippen molar-refractivity contribution in [1.82, 2.24) is 19.1 Å². The van der Waals surface area contributed by atoms with Crippen molar-refractivity contribution in [3.05, 3.63) is 254 Å². The van der Waals surface area contributed by atoms with Crippen molar-refractivity contribution >= 4 is 43.6 Å². The zero-order valence-corrected chi connectivity index (χ0v) is 37.6. The molecule has 0 saturated carbocycles. The highest BCUT2D eigenvalue weighted by Crippen LogP contribution is 2.50. The first kappa shape index (κ1) is 39.1. The average molecular weight is 879 g/mol. The fourth-order valence-corrected chi connectivity index (χ4v) is 11.1. The van der Waals surface area contributed by atoms with Crippen molar-refractivity contribution in [2.45, 2.75) is 6.42 Å². The van der Waals surface area contributed by atoms with E-state index < -0.39 is 0 Å². The largest absolute Gasteiger partial charge is 0.309 e. The number of hydrogen-bond donors (Lipinski definition) is 0. The molecule has 0 saturated heterocycles. The lowest BCUT2D eigenvalue weighted by molar-refractivity contribution is 0.996. The maximum atomic E-state index is 5.35. The molecule has 0 amide bonds. The lowest BCUT2D eigenvalue weighted by atomic mass is 9.91. The van der Waals surface area contributed by atoms with Crippen LogP contribution < -0.4 is 0 Å². The smallest absolute Gasteiger partial charge is 0.235 e. The highest BCUT2D eigenvalue weighted by Gasteiger charge is 2.29. The number of nitrogens with zero attached hydrogens (tertiary/aromatic N) is 4. The van der Waals surface area contributed by atoms with Crippen molar-refractivity contribution < 1.29 is 0 Å². The van der Waals surface area contributed by atoms with Crippen molar-refractivity contribution in [3.63, 3.8) is 0 Å². The summed E-state index contributed by atoms with van der Waals surface area (Å²) in [5.74, 6) is 0.638. The monoisotopic (exact) mass is 878 g/mol. The normalized spacial score (nSPS) is 12.0. The van der Waals surface area contributed by atoms with Crippen LogP contribution in [0.2, 0.25) is 0 Å². The van der Waals surface area contributed by atoms with Gasteiger partial charge in [-0.25, -0.2) is 9.97 Å². The second-order valence-electron chi connectivity index (χ2n) is 18.1. The molecule has 0 bridgehead atoms. The highest BCUT2D eigenvalue weighted by atomic mass is 15.2. The van der Waals surface area contributed by atoms with Crippen LogP contribution in [0.25, 0.3) is 122 Å². The molecule has 322 valence electrons. The van der Waals surface area contributed by atoms with E-state index in [-0.39, 0.29) is 0 Å². The Bertz CT molecular complexity index is 4060. The van der Waals surface area contributed by atoms with Crippen LogP contribution in [0, 0.1) is 0 Å². The zero-order chi connectivity index (χ0) is 45.4. The summed E-state index contributed by atoms with van der Waals surface area (Å²) in [5, 5.41) is 4.75. The maximum Gasteiger partial charge on any atom is 0.235 e. The lowest BCUT2D eigenvalue weighted by Crippen LogP contribution is -2.04. The van der Waals surface area contributed by atoms with Gasteiger partial charge in [0.2, 0.25) is 5.95 Å². The summed E-state index contributed by atoms with van der Waals surface area (Å²) in [4.78, 5) is 10.7. The molecule has 0 spiro atoms. The molecule has 1 aliphatic rings. The molecule has 0 radical (unpaired) electrons. The van der Waals surface area contributed by atoms with Crippen LogP contribution in [-0.4, -0.2) is 19.1 Å². The number of para-hydroxylation sites is 2. The van der Waals surface area contributed by atoms with Crippen LogP contribution in [0.15, 0.2) is 243 Å².